The summed E-state index contributed by atoms with van der Waals surface area (Å²) in [5, 5.41) is 0. The highest BCUT2D eigenvalue weighted by atomic mass is 16.7. The lowest BCUT2D eigenvalue weighted by atomic mass is 9.66. The first-order chi connectivity index (χ1) is 10.3. The first kappa shape index (κ1) is 13.1. The number of ether oxygens (including phenoxy) is 2. The summed E-state index contributed by atoms with van der Waals surface area (Å²) in [7, 11) is 0. The Bertz CT molecular complexity index is 547. The Hall–Kier alpha value is -1.55. The molecule has 1 aromatic carbocycles. The predicted molar refractivity (Wildman–Crippen MR) is 79.4 cm³/mol. The van der Waals surface area contributed by atoms with E-state index in [0.29, 0.717) is 6.61 Å². The van der Waals surface area contributed by atoms with E-state index in [1.54, 1.807) is 0 Å². The van der Waals surface area contributed by atoms with Crippen molar-refractivity contribution in [2.75, 3.05) is 18.1 Å². The second-order valence-corrected chi connectivity index (χ2v) is 6.42. The van der Waals surface area contributed by atoms with Crippen LogP contribution in [0.2, 0.25) is 0 Å². The average Bonchev–Trinajstić information content (AvgIpc) is 2.84. The number of benzene rings is 1. The molecule has 4 heteroatoms. The molecule has 4 nitrogen and oxygen atoms in total. The summed E-state index contributed by atoms with van der Waals surface area (Å²) in [6.45, 7) is 1.45. The Morgan fingerprint density at radius 1 is 1.24 bits per heavy atom. The van der Waals surface area contributed by atoms with Crippen LogP contribution in [-0.2, 0) is 14.9 Å². The zero-order valence-corrected chi connectivity index (χ0v) is 12.2. The van der Waals surface area contributed by atoms with Crippen LogP contribution in [0.1, 0.15) is 44.1 Å². The molecule has 1 saturated heterocycles. The summed E-state index contributed by atoms with van der Waals surface area (Å²) in [5.41, 5.74) is 2.53. The minimum Gasteiger partial charge on any atom is -0.419 e. The second-order valence-electron chi connectivity index (χ2n) is 6.42. The fourth-order valence-electron chi connectivity index (χ4n) is 3.80. The minimum atomic E-state index is -0.364. The molecule has 2 aliphatic heterocycles. The van der Waals surface area contributed by atoms with Crippen molar-refractivity contribution in [3.8, 4) is 0 Å². The number of rotatable bonds is 1. The molecule has 1 unspecified atom stereocenters. The number of para-hydroxylation sites is 1. The van der Waals surface area contributed by atoms with Crippen LogP contribution < -0.4 is 4.90 Å². The molecule has 3 aliphatic rings. The van der Waals surface area contributed by atoms with E-state index in [0.717, 1.165) is 31.5 Å². The molecular weight excluding hydrogens is 266 g/mol. The maximum Gasteiger partial charge on any atom is 0.416 e. The highest BCUT2D eigenvalue weighted by molar-refractivity contribution is 5.91. The number of anilines is 1. The number of hydrogen-bond donors (Lipinski definition) is 0. The Labute approximate surface area is 125 Å². The van der Waals surface area contributed by atoms with Crippen LogP contribution in [0, 0.1) is 0 Å². The molecule has 1 spiro atoms. The fraction of sp³-hybridized carbons (Fsp3) is 0.588. The third kappa shape index (κ3) is 2.13. The van der Waals surface area contributed by atoms with Gasteiger partial charge in [-0.05, 0) is 37.3 Å². The van der Waals surface area contributed by atoms with E-state index < -0.39 is 0 Å². The van der Waals surface area contributed by atoms with Gasteiger partial charge in [0.15, 0.2) is 0 Å². The standard InChI is InChI=1S/C17H21NO3/c19-16(21-15-8-3-4-11-20-15)18-12-17(9-5-10-17)13-6-1-2-7-14(13)18/h1-2,6-7,15H,3-5,8-12H2. The van der Waals surface area contributed by atoms with E-state index in [2.05, 4.69) is 12.1 Å². The lowest BCUT2D eigenvalue weighted by Gasteiger charge is -2.38. The van der Waals surface area contributed by atoms with Crippen molar-refractivity contribution < 1.29 is 14.3 Å². The van der Waals surface area contributed by atoms with Gasteiger partial charge < -0.3 is 9.47 Å². The minimum absolute atomic E-state index is 0.184. The summed E-state index contributed by atoms with van der Waals surface area (Å²) in [5.74, 6) is 0. The highest BCUT2D eigenvalue weighted by Crippen LogP contribution is 2.52. The van der Waals surface area contributed by atoms with E-state index in [-0.39, 0.29) is 17.8 Å². The number of amides is 1. The fourth-order valence-corrected chi connectivity index (χ4v) is 3.80. The molecule has 1 saturated carbocycles. The van der Waals surface area contributed by atoms with Gasteiger partial charge in [-0.3, -0.25) is 4.90 Å². The van der Waals surface area contributed by atoms with Crippen molar-refractivity contribution in [1.82, 2.24) is 0 Å². The van der Waals surface area contributed by atoms with Crippen LogP contribution in [0.3, 0.4) is 0 Å². The Morgan fingerprint density at radius 3 is 2.81 bits per heavy atom. The van der Waals surface area contributed by atoms with Crippen LogP contribution in [0.5, 0.6) is 0 Å². The van der Waals surface area contributed by atoms with Crippen molar-refractivity contribution >= 4 is 11.8 Å². The molecular formula is C17H21NO3. The van der Waals surface area contributed by atoms with Crippen molar-refractivity contribution in [3.05, 3.63) is 29.8 Å². The molecule has 4 rings (SSSR count). The average molecular weight is 287 g/mol. The smallest absolute Gasteiger partial charge is 0.416 e. The maximum absolute atomic E-state index is 12.5. The monoisotopic (exact) mass is 287 g/mol. The summed E-state index contributed by atoms with van der Waals surface area (Å²) in [6.07, 6.45) is 5.92. The zero-order valence-electron chi connectivity index (χ0n) is 12.2. The highest BCUT2D eigenvalue weighted by Gasteiger charge is 2.48. The van der Waals surface area contributed by atoms with Crippen molar-refractivity contribution in [3.63, 3.8) is 0 Å². The van der Waals surface area contributed by atoms with Gasteiger partial charge in [0.1, 0.15) is 0 Å². The maximum atomic E-state index is 12.5. The van der Waals surface area contributed by atoms with E-state index in [1.165, 1.54) is 24.8 Å². The molecule has 0 N–H and O–H groups in total. The summed E-state index contributed by atoms with van der Waals surface area (Å²) in [4.78, 5) is 14.3. The molecule has 1 aromatic rings. The number of fused-ring (bicyclic) bond motifs is 2. The molecule has 0 bridgehead atoms. The van der Waals surface area contributed by atoms with E-state index >= 15 is 0 Å². The lowest BCUT2D eigenvalue weighted by molar-refractivity contribution is -0.125. The van der Waals surface area contributed by atoms with E-state index in [9.17, 15) is 4.79 Å². The number of carbonyl (C=O) groups is 1. The molecule has 0 radical (unpaired) electrons. The number of nitrogens with zero attached hydrogens (tertiary/aromatic N) is 1. The normalized spacial score (nSPS) is 26.3. The van der Waals surface area contributed by atoms with E-state index in [4.69, 9.17) is 9.47 Å². The zero-order chi connectivity index (χ0) is 14.3. The van der Waals surface area contributed by atoms with Gasteiger partial charge in [0.05, 0.1) is 12.3 Å². The van der Waals surface area contributed by atoms with Gasteiger partial charge in [-0.25, -0.2) is 4.79 Å². The topological polar surface area (TPSA) is 38.8 Å². The molecule has 21 heavy (non-hydrogen) atoms. The van der Waals surface area contributed by atoms with E-state index in [1.807, 2.05) is 17.0 Å². The van der Waals surface area contributed by atoms with Crippen molar-refractivity contribution in [1.29, 1.82) is 0 Å². The Balaban J connectivity index is 1.54. The van der Waals surface area contributed by atoms with Crippen LogP contribution in [0.4, 0.5) is 10.5 Å². The van der Waals surface area contributed by atoms with Crippen molar-refractivity contribution in [2.24, 2.45) is 0 Å². The second kappa shape index (κ2) is 5.02. The first-order valence-electron chi connectivity index (χ1n) is 7.98. The molecule has 112 valence electrons. The SMILES string of the molecule is O=C(OC1CCCCO1)N1CC2(CCC2)c2ccccc21. The summed E-state index contributed by atoms with van der Waals surface area (Å²) >= 11 is 0. The molecule has 2 heterocycles. The molecule has 2 fully saturated rings. The Kier molecular flexibility index (Phi) is 3.14. The van der Waals surface area contributed by atoms with Gasteiger partial charge in [0, 0.05) is 18.4 Å². The van der Waals surface area contributed by atoms with Gasteiger partial charge in [0.25, 0.3) is 0 Å². The van der Waals surface area contributed by atoms with Gasteiger partial charge >= 0.3 is 6.09 Å². The van der Waals surface area contributed by atoms with Crippen LogP contribution in [-0.4, -0.2) is 25.5 Å². The van der Waals surface area contributed by atoms with Crippen LogP contribution in [0.15, 0.2) is 24.3 Å². The number of hydrogen-bond acceptors (Lipinski definition) is 3. The summed E-state index contributed by atoms with van der Waals surface area (Å²) in [6, 6.07) is 8.26. The third-order valence-electron chi connectivity index (χ3n) is 5.13. The largest absolute Gasteiger partial charge is 0.419 e. The van der Waals surface area contributed by atoms with Gasteiger partial charge in [-0.15, -0.1) is 0 Å². The predicted octanol–water partition coefficient (Wildman–Crippen LogP) is 3.59. The molecule has 0 aromatic heterocycles. The van der Waals surface area contributed by atoms with Crippen LogP contribution in [0.25, 0.3) is 0 Å². The number of carbonyl (C=O) groups excluding carboxylic acids is 1. The van der Waals surface area contributed by atoms with Gasteiger partial charge in [0.2, 0.25) is 6.29 Å². The summed E-state index contributed by atoms with van der Waals surface area (Å²) < 4.78 is 11.1. The van der Waals surface area contributed by atoms with Crippen LogP contribution >= 0.6 is 0 Å². The molecule has 1 amide bonds. The third-order valence-corrected chi connectivity index (χ3v) is 5.13. The van der Waals surface area contributed by atoms with Gasteiger partial charge in [-0.1, -0.05) is 24.6 Å². The molecule has 1 aliphatic carbocycles. The Morgan fingerprint density at radius 2 is 2.10 bits per heavy atom. The lowest BCUT2D eigenvalue weighted by Crippen LogP contribution is -2.42. The molecule has 1 atom stereocenters. The van der Waals surface area contributed by atoms with Gasteiger partial charge in [-0.2, -0.15) is 0 Å². The van der Waals surface area contributed by atoms with Crippen molar-refractivity contribution in [2.45, 2.75) is 50.2 Å². The quantitative estimate of drug-likeness (QED) is 0.792. The first-order valence-corrected chi connectivity index (χ1v) is 7.98.